The van der Waals surface area contributed by atoms with Crippen LogP contribution >= 0.6 is 0 Å². The maximum atomic E-state index is 13.3. The minimum absolute atomic E-state index is 0.0276. The summed E-state index contributed by atoms with van der Waals surface area (Å²) in [5.41, 5.74) is 2.61. The van der Waals surface area contributed by atoms with Crippen LogP contribution in [0.1, 0.15) is 43.4 Å². The molecule has 116 valence electrons. The van der Waals surface area contributed by atoms with E-state index in [9.17, 15) is 14.3 Å². The quantitative estimate of drug-likeness (QED) is 0.900. The summed E-state index contributed by atoms with van der Waals surface area (Å²) >= 11 is 0. The van der Waals surface area contributed by atoms with Crippen molar-refractivity contribution in [3.8, 4) is 0 Å². The number of rotatable bonds is 4. The number of halogens is 1. The molecule has 1 atom stereocenters. The molecule has 0 saturated carbocycles. The van der Waals surface area contributed by atoms with Crippen molar-refractivity contribution in [3.63, 3.8) is 0 Å². The fourth-order valence-corrected chi connectivity index (χ4v) is 2.46. The highest BCUT2D eigenvalue weighted by molar-refractivity contribution is 5.76. The lowest BCUT2D eigenvalue weighted by atomic mass is 9.84. The van der Waals surface area contributed by atoms with Gasteiger partial charge in [0.05, 0.1) is 5.92 Å². The lowest BCUT2D eigenvalue weighted by Crippen LogP contribution is -2.16. The zero-order valence-electron chi connectivity index (χ0n) is 13.1. The lowest BCUT2D eigenvalue weighted by molar-refractivity contribution is -0.138. The first-order valence-corrected chi connectivity index (χ1v) is 7.35. The zero-order valence-corrected chi connectivity index (χ0v) is 13.1. The molecule has 2 aromatic rings. The van der Waals surface area contributed by atoms with E-state index in [2.05, 4.69) is 20.8 Å². The number of carboxylic acid groups (broad SMARTS) is 1. The number of carbonyl (C=O) groups is 1. The van der Waals surface area contributed by atoms with Crippen molar-refractivity contribution >= 4 is 5.97 Å². The SMILES string of the molecule is CC(C)(C)c1ccc(C(Cc2cccc(F)c2)C(=O)O)cc1. The molecule has 1 unspecified atom stereocenters. The zero-order chi connectivity index (χ0) is 16.3. The van der Waals surface area contributed by atoms with Crippen molar-refractivity contribution in [1.29, 1.82) is 0 Å². The predicted octanol–water partition coefficient (Wildman–Crippen LogP) is 4.53. The Bertz CT molecular complexity index is 654. The number of hydrogen-bond acceptors (Lipinski definition) is 1. The molecular weight excluding hydrogens is 279 g/mol. The molecule has 0 fully saturated rings. The number of benzene rings is 2. The van der Waals surface area contributed by atoms with E-state index in [1.807, 2.05) is 24.3 Å². The van der Waals surface area contributed by atoms with Crippen LogP contribution in [0.5, 0.6) is 0 Å². The van der Waals surface area contributed by atoms with E-state index in [1.165, 1.54) is 12.1 Å². The van der Waals surface area contributed by atoms with Crippen molar-refractivity contribution < 1.29 is 14.3 Å². The van der Waals surface area contributed by atoms with Gasteiger partial charge in [-0.15, -0.1) is 0 Å². The van der Waals surface area contributed by atoms with Crippen LogP contribution in [0.4, 0.5) is 4.39 Å². The number of aliphatic carboxylic acids is 1. The largest absolute Gasteiger partial charge is 0.481 e. The summed E-state index contributed by atoms with van der Waals surface area (Å²) in [7, 11) is 0. The van der Waals surface area contributed by atoms with Crippen LogP contribution in [-0.2, 0) is 16.6 Å². The van der Waals surface area contributed by atoms with Crippen molar-refractivity contribution in [2.24, 2.45) is 0 Å². The Kier molecular flexibility index (Phi) is 4.65. The van der Waals surface area contributed by atoms with Gasteiger partial charge >= 0.3 is 5.97 Å². The highest BCUT2D eigenvalue weighted by Crippen LogP contribution is 2.26. The van der Waals surface area contributed by atoms with Gasteiger partial charge in [0.25, 0.3) is 0 Å². The maximum absolute atomic E-state index is 13.3. The normalized spacial score (nSPS) is 12.9. The van der Waals surface area contributed by atoms with Crippen LogP contribution < -0.4 is 0 Å². The topological polar surface area (TPSA) is 37.3 Å². The Morgan fingerprint density at radius 1 is 1.14 bits per heavy atom. The van der Waals surface area contributed by atoms with Gasteiger partial charge in [0.2, 0.25) is 0 Å². The summed E-state index contributed by atoms with van der Waals surface area (Å²) in [5.74, 6) is -1.91. The average Bonchev–Trinajstić information content (AvgIpc) is 2.44. The van der Waals surface area contributed by atoms with Crippen LogP contribution in [-0.4, -0.2) is 11.1 Å². The third-order valence-corrected chi connectivity index (χ3v) is 3.81. The summed E-state index contributed by atoms with van der Waals surface area (Å²) in [6, 6.07) is 13.8. The first kappa shape index (κ1) is 16.2. The summed E-state index contributed by atoms with van der Waals surface area (Å²) in [4.78, 5) is 11.6. The second-order valence-corrected chi connectivity index (χ2v) is 6.60. The Balaban J connectivity index is 2.27. The molecule has 2 aromatic carbocycles. The molecule has 2 nitrogen and oxygen atoms in total. The standard InChI is InChI=1S/C19H21FO2/c1-19(2,3)15-9-7-14(8-10-15)17(18(21)22)12-13-5-4-6-16(20)11-13/h4-11,17H,12H2,1-3H3,(H,21,22). The molecule has 0 aliphatic heterocycles. The van der Waals surface area contributed by atoms with E-state index >= 15 is 0 Å². The van der Waals surface area contributed by atoms with Crippen molar-refractivity contribution in [2.45, 2.75) is 38.5 Å². The fourth-order valence-electron chi connectivity index (χ4n) is 2.46. The smallest absolute Gasteiger partial charge is 0.311 e. The highest BCUT2D eigenvalue weighted by atomic mass is 19.1. The molecule has 0 bridgehead atoms. The van der Waals surface area contributed by atoms with Gasteiger partial charge in [0.15, 0.2) is 0 Å². The predicted molar refractivity (Wildman–Crippen MR) is 85.6 cm³/mol. The monoisotopic (exact) mass is 300 g/mol. The van der Waals surface area contributed by atoms with Gasteiger partial charge in [0, 0.05) is 0 Å². The average molecular weight is 300 g/mol. The summed E-state index contributed by atoms with van der Waals surface area (Å²) < 4.78 is 13.3. The Hall–Kier alpha value is -2.16. The molecule has 0 heterocycles. The van der Waals surface area contributed by atoms with Gasteiger partial charge in [-0.3, -0.25) is 4.79 Å². The maximum Gasteiger partial charge on any atom is 0.311 e. The Labute approximate surface area is 130 Å². The van der Waals surface area contributed by atoms with E-state index in [1.54, 1.807) is 12.1 Å². The van der Waals surface area contributed by atoms with Crippen LogP contribution in [0.25, 0.3) is 0 Å². The van der Waals surface area contributed by atoms with Crippen molar-refractivity contribution in [3.05, 3.63) is 71.0 Å². The molecule has 2 rings (SSSR count). The molecule has 0 aliphatic rings. The van der Waals surface area contributed by atoms with Crippen LogP contribution in [0.3, 0.4) is 0 Å². The van der Waals surface area contributed by atoms with Gasteiger partial charge in [-0.2, -0.15) is 0 Å². The van der Waals surface area contributed by atoms with E-state index < -0.39 is 11.9 Å². The Morgan fingerprint density at radius 2 is 1.77 bits per heavy atom. The summed E-state index contributed by atoms with van der Waals surface area (Å²) in [5, 5.41) is 9.49. The summed E-state index contributed by atoms with van der Waals surface area (Å²) in [6.07, 6.45) is 0.280. The third kappa shape index (κ3) is 3.94. The van der Waals surface area contributed by atoms with Crippen LogP contribution in [0.2, 0.25) is 0 Å². The first-order chi connectivity index (χ1) is 10.3. The molecule has 0 spiro atoms. The van der Waals surface area contributed by atoms with E-state index in [0.29, 0.717) is 5.56 Å². The Morgan fingerprint density at radius 3 is 2.27 bits per heavy atom. The minimum Gasteiger partial charge on any atom is -0.481 e. The van der Waals surface area contributed by atoms with Crippen molar-refractivity contribution in [2.75, 3.05) is 0 Å². The second-order valence-electron chi connectivity index (χ2n) is 6.60. The van der Waals surface area contributed by atoms with Gasteiger partial charge in [-0.25, -0.2) is 4.39 Å². The second kappa shape index (κ2) is 6.30. The molecule has 0 aromatic heterocycles. The molecule has 0 amide bonds. The van der Waals surface area contributed by atoms with Gasteiger partial charge in [-0.05, 0) is 40.7 Å². The van der Waals surface area contributed by atoms with E-state index in [0.717, 1.165) is 11.1 Å². The molecular formula is C19H21FO2. The van der Waals surface area contributed by atoms with Crippen LogP contribution in [0.15, 0.2) is 48.5 Å². The van der Waals surface area contributed by atoms with E-state index in [-0.39, 0.29) is 17.7 Å². The molecule has 0 saturated heterocycles. The lowest BCUT2D eigenvalue weighted by Gasteiger charge is -2.20. The number of hydrogen-bond donors (Lipinski definition) is 1. The van der Waals surface area contributed by atoms with Crippen molar-refractivity contribution in [1.82, 2.24) is 0 Å². The molecule has 0 radical (unpaired) electrons. The first-order valence-electron chi connectivity index (χ1n) is 7.35. The minimum atomic E-state index is -0.896. The van der Waals surface area contributed by atoms with Gasteiger partial charge in [-0.1, -0.05) is 57.2 Å². The number of carboxylic acids is 1. The molecule has 0 aliphatic carbocycles. The van der Waals surface area contributed by atoms with Gasteiger partial charge in [0.1, 0.15) is 5.82 Å². The van der Waals surface area contributed by atoms with Crippen LogP contribution in [0, 0.1) is 5.82 Å². The molecule has 3 heteroatoms. The highest BCUT2D eigenvalue weighted by Gasteiger charge is 2.21. The van der Waals surface area contributed by atoms with E-state index in [4.69, 9.17) is 0 Å². The van der Waals surface area contributed by atoms with Gasteiger partial charge < -0.3 is 5.11 Å². The third-order valence-electron chi connectivity index (χ3n) is 3.81. The molecule has 22 heavy (non-hydrogen) atoms. The molecule has 1 N–H and O–H groups in total. The summed E-state index contributed by atoms with van der Waals surface area (Å²) in [6.45, 7) is 6.34. The fraction of sp³-hybridized carbons (Fsp3) is 0.316.